The van der Waals surface area contributed by atoms with Gasteiger partial charge in [0.15, 0.2) is 0 Å². The van der Waals surface area contributed by atoms with E-state index in [4.69, 9.17) is 4.42 Å². The van der Waals surface area contributed by atoms with Crippen molar-refractivity contribution < 1.29 is 4.42 Å². The fourth-order valence-electron chi connectivity index (χ4n) is 7.10. The Morgan fingerprint density at radius 1 is 0.289 bits per heavy atom. The highest BCUT2D eigenvalue weighted by molar-refractivity contribution is 6.23. The third-order valence-electron chi connectivity index (χ3n) is 9.08. The van der Waals surface area contributed by atoms with Crippen LogP contribution in [-0.2, 0) is 0 Å². The zero-order valence-corrected chi connectivity index (χ0v) is 24.6. The van der Waals surface area contributed by atoms with Gasteiger partial charge in [-0.05, 0) is 72.6 Å². The van der Waals surface area contributed by atoms with Crippen LogP contribution in [0.2, 0.25) is 0 Å². The summed E-state index contributed by atoms with van der Waals surface area (Å²) >= 11 is 0. The van der Waals surface area contributed by atoms with E-state index in [0.717, 1.165) is 38.6 Å². The SMILES string of the molecule is c1ccc(-c2ccccc2-c2c3ccccc3c(-c3ccc4c(c3)oc3c(-c5ccccc5)cccc34)c3ccccc23)cc1. The maximum atomic E-state index is 6.68. The fourth-order valence-corrected chi connectivity index (χ4v) is 7.10. The highest BCUT2D eigenvalue weighted by Crippen LogP contribution is 2.47. The number of hydrogen-bond donors (Lipinski definition) is 0. The monoisotopic (exact) mass is 572 g/mol. The van der Waals surface area contributed by atoms with E-state index in [1.54, 1.807) is 0 Å². The van der Waals surface area contributed by atoms with E-state index < -0.39 is 0 Å². The summed E-state index contributed by atoms with van der Waals surface area (Å²) in [6.45, 7) is 0. The van der Waals surface area contributed by atoms with Crippen LogP contribution in [0.15, 0.2) is 174 Å². The summed E-state index contributed by atoms with van der Waals surface area (Å²) in [6.07, 6.45) is 0. The standard InChI is InChI=1S/C44H28O/c1-3-14-29(15-4-1)32-18-7-8-19-35(32)43-38-22-11-9-20-36(38)42(37-21-10-12-23-39(37)43)31-26-27-34-40-25-13-24-33(30-16-5-2-6-17-30)44(40)45-41(34)28-31/h1-28H. The van der Waals surface area contributed by atoms with E-state index in [9.17, 15) is 0 Å². The molecule has 1 nitrogen and oxygen atoms in total. The van der Waals surface area contributed by atoms with Crippen LogP contribution in [0.1, 0.15) is 0 Å². The highest BCUT2D eigenvalue weighted by Gasteiger charge is 2.20. The molecule has 0 aliphatic rings. The molecule has 1 heterocycles. The van der Waals surface area contributed by atoms with E-state index in [0.29, 0.717) is 0 Å². The van der Waals surface area contributed by atoms with Crippen LogP contribution in [0.3, 0.4) is 0 Å². The smallest absolute Gasteiger partial charge is 0.143 e. The topological polar surface area (TPSA) is 13.1 Å². The number of fused-ring (bicyclic) bond motifs is 5. The van der Waals surface area contributed by atoms with Gasteiger partial charge in [0, 0.05) is 16.3 Å². The van der Waals surface area contributed by atoms with Crippen molar-refractivity contribution in [3.05, 3.63) is 170 Å². The Labute approximate surface area is 261 Å². The summed E-state index contributed by atoms with van der Waals surface area (Å²) in [4.78, 5) is 0. The third-order valence-corrected chi connectivity index (χ3v) is 9.08. The van der Waals surface area contributed by atoms with E-state index in [2.05, 4.69) is 170 Å². The first-order valence-corrected chi connectivity index (χ1v) is 15.4. The predicted molar refractivity (Wildman–Crippen MR) is 190 cm³/mol. The molecule has 0 fully saturated rings. The Bertz CT molecular complexity index is 2460. The minimum Gasteiger partial charge on any atom is -0.455 e. The summed E-state index contributed by atoms with van der Waals surface area (Å²) in [7, 11) is 0. The number of furan rings is 1. The lowest BCUT2D eigenvalue weighted by molar-refractivity contribution is 0.670. The summed E-state index contributed by atoms with van der Waals surface area (Å²) in [5.74, 6) is 0. The van der Waals surface area contributed by atoms with Crippen molar-refractivity contribution in [1.82, 2.24) is 0 Å². The first-order chi connectivity index (χ1) is 22.3. The van der Waals surface area contributed by atoms with E-state index in [1.165, 1.54) is 49.4 Å². The molecular weight excluding hydrogens is 544 g/mol. The van der Waals surface area contributed by atoms with Gasteiger partial charge < -0.3 is 4.42 Å². The highest BCUT2D eigenvalue weighted by atomic mass is 16.3. The fraction of sp³-hybridized carbons (Fsp3) is 0. The minimum atomic E-state index is 0.901. The van der Waals surface area contributed by atoms with Gasteiger partial charge in [0.1, 0.15) is 11.2 Å². The van der Waals surface area contributed by atoms with Crippen molar-refractivity contribution in [2.75, 3.05) is 0 Å². The Balaban J connectivity index is 1.32. The van der Waals surface area contributed by atoms with Gasteiger partial charge in [-0.25, -0.2) is 0 Å². The number of hydrogen-bond acceptors (Lipinski definition) is 1. The van der Waals surface area contributed by atoms with Crippen LogP contribution < -0.4 is 0 Å². The molecule has 0 saturated heterocycles. The molecule has 0 radical (unpaired) electrons. The maximum Gasteiger partial charge on any atom is 0.143 e. The molecule has 0 amide bonds. The van der Waals surface area contributed by atoms with Gasteiger partial charge in [0.2, 0.25) is 0 Å². The van der Waals surface area contributed by atoms with Gasteiger partial charge in [-0.2, -0.15) is 0 Å². The Hall–Kier alpha value is -5.92. The molecule has 1 heteroatoms. The molecule has 9 rings (SSSR count). The predicted octanol–water partition coefficient (Wildman–Crippen LogP) is 12.6. The van der Waals surface area contributed by atoms with Crippen LogP contribution in [-0.4, -0.2) is 0 Å². The second-order valence-electron chi connectivity index (χ2n) is 11.6. The molecule has 0 atom stereocenters. The lowest BCUT2D eigenvalue weighted by Crippen LogP contribution is -1.92. The molecule has 0 aliphatic heterocycles. The van der Waals surface area contributed by atoms with Crippen molar-refractivity contribution in [2.24, 2.45) is 0 Å². The Morgan fingerprint density at radius 2 is 0.778 bits per heavy atom. The van der Waals surface area contributed by atoms with Gasteiger partial charge in [-0.3, -0.25) is 0 Å². The zero-order valence-electron chi connectivity index (χ0n) is 24.6. The molecule has 0 saturated carbocycles. The summed E-state index contributed by atoms with van der Waals surface area (Å²) in [5.41, 5.74) is 11.4. The molecule has 0 N–H and O–H groups in total. The molecule has 45 heavy (non-hydrogen) atoms. The number of para-hydroxylation sites is 1. The molecule has 0 bridgehead atoms. The minimum absolute atomic E-state index is 0.901. The average Bonchev–Trinajstić information content (AvgIpc) is 3.49. The second-order valence-corrected chi connectivity index (χ2v) is 11.6. The van der Waals surface area contributed by atoms with Gasteiger partial charge in [-0.15, -0.1) is 0 Å². The van der Waals surface area contributed by atoms with E-state index in [-0.39, 0.29) is 0 Å². The molecule has 0 spiro atoms. The first-order valence-electron chi connectivity index (χ1n) is 15.4. The van der Waals surface area contributed by atoms with E-state index in [1.807, 2.05) is 0 Å². The van der Waals surface area contributed by atoms with E-state index >= 15 is 0 Å². The molecule has 210 valence electrons. The lowest BCUT2D eigenvalue weighted by atomic mass is 9.84. The molecule has 8 aromatic carbocycles. The molecule has 9 aromatic rings. The molecule has 0 unspecified atom stereocenters. The van der Waals surface area contributed by atoms with Crippen molar-refractivity contribution in [2.45, 2.75) is 0 Å². The van der Waals surface area contributed by atoms with Crippen LogP contribution >= 0.6 is 0 Å². The molecule has 1 aromatic heterocycles. The number of rotatable bonds is 4. The van der Waals surface area contributed by atoms with Gasteiger partial charge >= 0.3 is 0 Å². The molecular formula is C44H28O. The van der Waals surface area contributed by atoms with Gasteiger partial charge in [-0.1, -0.05) is 158 Å². The normalized spacial score (nSPS) is 11.6. The third kappa shape index (κ3) is 4.09. The van der Waals surface area contributed by atoms with Gasteiger partial charge in [0.05, 0.1) is 0 Å². The lowest BCUT2D eigenvalue weighted by Gasteiger charge is -2.19. The Morgan fingerprint density at radius 3 is 1.42 bits per heavy atom. The summed E-state index contributed by atoms with van der Waals surface area (Å²) in [6, 6.07) is 60.8. The molecule has 0 aliphatic carbocycles. The van der Waals surface area contributed by atoms with Crippen LogP contribution in [0.25, 0.3) is 88.0 Å². The Kier molecular flexibility index (Phi) is 5.89. The zero-order chi connectivity index (χ0) is 29.7. The first kappa shape index (κ1) is 25.6. The van der Waals surface area contributed by atoms with Crippen molar-refractivity contribution in [3.63, 3.8) is 0 Å². The van der Waals surface area contributed by atoms with Crippen molar-refractivity contribution >= 4 is 43.5 Å². The maximum absolute atomic E-state index is 6.68. The van der Waals surface area contributed by atoms with Crippen molar-refractivity contribution in [3.8, 4) is 44.5 Å². The van der Waals surface area contributed by atoms with Crippen LogP contribution in [0.4, 0.5) is 0 Å². The van der Waals surface area contributed by atoms with Crippen molar-refractivity contribution in [1.29, 1.82) is 0 Å². The second kappa shape index (κ2) is 10.4. The largest absolute Gasteiger partial charge is 0.455 e. The van der Waals surface area contributed by atoms with Crippen LogP contribution in [0, 0.1) is 0 Å². The quantitative estimate of drug-likeness (QED) is 0.191. The summed E-state index contributed by atoms with van der Waals surface area (Å²) in [5, 5.41) is 7.22. The number of benzene rings is 8. The van der Waals surface area contributed by atoms with Crippen LogP contribution in [0.5, 0.6) is 0 Å². The average molecular weight is 573 g/mol. The van der Waals surface area contributed by atoms with Gasteiger partial charge in [0.25, 0.3) is 0 Å². The summed E-state index contributed by atoms with van der Waals surface area (Å²) < 4.78 is 6.68.